The maximum atomic E-state index is 11.6. The number of rotatable bonds is 2. The molecule has 1 rings (SSSR count). The molecule has 0 aromatic heterocycles. The molecule has 6 nitrogen and oxygen atoms in total. The van der Waals surface area contributed by atoms with Crippen molar-refractivity contribution in [1.29, 1.82) is 0 Å². The van der Waals surface area contributed by atoms with Gasteiger partial charge in [0.15, 0.2) is 0 Å². The van der Waals surface area contributed by atoms with Gasteiger partial charge in [-0.05, 0) is 27.2 Å². The van der Waals surface area contributed by atoms with Gasteiger partial charge in [0.05, 0.1) is 12.1 Å². The molecule has 5 N–H and O–H groups in total. The third kappa shape index (κ3) is 3.83. The van der Waals surface area contributed by atoms with Crippen molar-refractivity contribution in [3.63, 3.8) is 0 Å². The molecule has 1 saturated carbocycles. The number of hydrogen-bond donors (Lipinski definition) is 5. The molecule has 0 aromatic rings. The normalized spacial score (nSPS) is 33.5. The fourth-order valence-corrected chi connectivity index (χ4v) is 1.99. The second-order valence-electron chi connectivity index (χ2n) is 5.61. The first-order chi connectivity index (χ1) is 7.74. The third-order valence-electron chi connectivity index (χ3n) is 2.84. The van der Waals surface area contributed by atoms with Gasteiger partial charge in [0.2, 0.25) is 0 Å². The minimum Gasteiger partial charge on any atom is -0.396 e. The van der Waals surface area contributed by atoms with Gasteiger partial charge in [-0.3, -0.25) is 0 Å². The number of carbonyl (C=O) groups is 1. The molecule has 4 atom stereocenters. The molecule has 0 spiro atoms. The van der Waals surface area contributed by atoms with Crippen LogP contribution in [0, 0.1) is 5.92 Å². The molecule has 6 heteroatoms. The van der Waals surface area contributed by atoms with E-state index < -0.39 is 18.2 Å². The molecular weight excluding hydrogens is 224 g/mol. The summed E-state index contributed by atoms with van der Waals surface area (Å²) in [6.45, 7) is 5.35. The Hall–Kier alpha value is -0.850. The monoisotopic (exact) mass is 246 g/mol. The molecule has 0 bridgehead atoms. The van der Waals surface area contributed by atoms with E-state index in [0.717, 1.165) is 0 Å². The van der Waals surface area contributed by atoms with Crippen molar-refractivity contribution in [1.82, 2.24) is 10.6 Å². The van der Waals surface area contributed by atoms with Crippen LogP contribution in [0.4, 0.5) is 4.79 Å². The Morgan fingerprint density at radius 2 is 1.88 bits per heavy atom. The molecule has 0 aliphatic heterocycles. The second kappa shape index (κ2) is 5.20. The van der Waals surface area contributed by atoms with Gasteiger partial charge in [-0.15, -0.1) is 0 Å². The largest absolute Gasteiger partial charge is 0.396 e. The Bertz CT molecular complexity index is 277. The van der Waals surface area contributed by atoms with Crippen LogP contribution in [0.3, 0.4) is 0 Å². The summed E-state index contributed by atoms with van der Waals surface area (Å²) in [6, 6.07) is -0.906. The van der Waals surface area contributed by atoms with E-state index >= 15 is 0 Å². The number of carbonyl (C=O) groups excluding carboxylic acids is 1. The first kappa shape index (κ1) is 14.2. The van der Waals surface area contributed by atoms with Gasteiger partial charge in [-0.1, -0.05) is 0 Å². The van der Waals surface area contributed by atoms with Crippen molar-refractivity contribution >= 4 is 6.03 Å². The quantitative estimate of drug-likeness (QED) is 0.439. The van der Waals surface area contributed by atoms with Crippen LogP contribution in [0.5, 0.6) is 0 Å². The minimum absolute atomic E-state index is 0.197. The van der Waals surface area contributed by atoms with Crippen molar-refractivity contribution in [3.8, 4) is 0 Å². The van der Waals surface area contributed by atoms with E-state index in [1.807, 2.05) is 20.8 Å². The molecule has 0 heterocycles. The van der Waals surface area contributed by atoms with E-state index in [-0.39, 0.29) is 24.1 Å². The highest BCUT2D eigenvalue weighted by molar-refractivity contribution is 5.75. The number of aliphatic hydroxyl groups is 3. The molecule has 2 amide bonds. The van der Waals surface area contributed by atoms with E-state index in [0.29, 0.717) is 6.42 Å². The molecule has 1 aliphatic rings. The molecule has 1 fully saturated rings. The van der Waals surface area contributed by atoms with Crippen molar-refractivity contribution < 1.29 is 20.1 Å². The van der Waals surface area contributed by atoms with E-state index in [1.54, 1.807) is 0 Å². The number of urea groups is 1. The Balaban J connectivity index is 2.50. The lowest BCUT2D eigenvalue weighted by Gasteiger charge is -2.24. The lowest BCUT2D eigenvalue weighted by atomic mass is 10.1. The van der Waals surface area contributed by atoms with Crippen LogP contribution in [0.15, 0.2) is 0 Å². The predicted molar refractivity (Wildman–Crippen MR) is 62.4 cm³/mol. The van der Waals surface area contributed by atoms with Gasteiger partial charge in [-0.2, -0.15) is 0 Å². The maximum Gasteiger partial charge on any atom is 0.315 e. The zero-order valence-electron chi connectivity index (χ0n) is 10.5. The minimum atomic E-state index is -1.03. The van der Waals surface area contributed by atoms with Crippen LogP contribution in [0.1, 0.15) is 27.2 Å². The Labute approximate surface area is 101 Å². The molecule has 17 heavy (non-hydrogen) atoms. The van der Waals surface area contributed by atoms with Gasteiger partial charge in [0, 0.05) is 18.1 Å². The number of aliphatic hydroxyl groups excluding tert-OH is 3. The highest BCUT2D eigenvalue weighted by atomic mass is 16.3. The lowest BCUT2D eigenvalue weighted by Crippen LogP contribution is -2.52. The first-order valence-corrected chi connectivity index (χ1v) is 5.80. The van der Waals surface area contributed by atoms with Crippen molar-refractivity contribution in [2.45, 2.75) is 51.0 Å². The van der Waals surface area contributed by atoms with Gasteiger partial charge >= 0.3 is 6.03 Å². The van der Waals surface area contributed by atoms with Crippen LogP contribution in [0.2, 0.25) is 0 Å². The van der Waals surface area contributed by atoms with Crippen LogP contribution < -0.4 is 10.6 Å². The zero-order chi connectivity index (χ0) is 13.2. The predicted octanol–water partition coefficient (Wildman–Crippen LogP) is -0.813. The smallest absolute Gasteiger partial charge is 0.315 e. The van der Waals surface area contributed by atoms with Gasteiger partial charge in [0.25, 0.3) is 0 Å². The third-order valence-corrected chi connectivity index (χ3v) is 2.84. The summed E-state index contributed by atoms with van der Waals surface area (Å²) < 4.78 is 0. The summed E-state index contributed by atoms with van der Waals surface area (Å²) >= 11 is 0. The van der Waals surface area contributed by atoms with E-state index in [4.69, 9.17) is 5.11 Å². The maximum absolute atomic E-state index is 11.6. The Morgan fingerprint density at radius 1 is 1.29 bits per heavy atom. The first-order valence-electron chi connectivity index (χ1n) is 5.80. The Morgan fingerprint density at radius 3 is 2.29 bits per heavy atom. The molecule has 0 saturated heterocycles. The van der Waals surface area contributed by atoms with E-state index in [1.165, 1.54) is 0 Å². The molecular formula is C11H22N2O4. The van der Waals surface area contributed by atoms with Crippen LogP contribution in [0.25, 0.3) is 0 Å². The van der Waals surface area contributed by atoms with Gasteiger partial charge in [0.1, 0.15) is 6.10 Å². The van der Waals surface area contributed by atoms with Crippen LogP contribution >= 0.6 is 0 Å². The lowest BCUT2D eigenvalue weighted by molar-refractivity contribution is 0.000775. The van der Waals surface area contributed by atoms with Crippen molar-refractivity contribution in [3.05, 3.63) is 0 Å². The molecule has 100 valence electrons. The number of amides is 2. The van der Waals surface area contributed by atoms with Crippen molar-refractivity contribution in [2.24, 2.45) is 5.92 Å². The highest BCUT2D eigenvalue weighted by Crippen LogP contribution is 2.26. The number of hydrogen-bond acceptors (Lipinski definition) is 4. The standard InChI is InChI=1S/C11H22N2O4/c1-11(2,3)13-10(17)12-7-4-6(5-14)8(15)9(7)16/h6-9,14-16H,4-5H2,1-3H3,(H2,12,13,17)/t6-,7-,8-,9+/m1/s1. The molecule has 0 aromatic carbocycles. The summed E-state index contributed by atoms with van der Waals surface area (Å²) in [4.78, 5) is 11.6. The molecule has 0 unspecified atom stereocenters. The van der Waals surface area contributed by atoms with Crippen LogP contribution in [-0.2, 0) is 0 Å². The molecule has 1 aliphatic carbocycles. The highest BCUT2D eigenvalue weighted by Gasteiger charge is 2.41. The average Bonchev–Trinajstić information content (AvgIpc) is 2.43. The van der Waals surface area contributed by atoms with E-state index in [2.05, 4.69) is 10.6 Å². The fraction of sp³-hybridized carbons (Fsp3) is 0.909. The summed E-state index contributed by atoms with van der Waals surface area (Å²) in [5.41, 5.74) is -0.358. The van der Waals surface area contributed by atoms with Crippen LogP contribution in [-0.4, -0.2) is 51.7 Å². The fourth-order valence-electron chi connectivity index (χ4n) is 1.99. The summed E-state index contributed by atoms with van der Waals surface area (Å²) in [5, 5.41) is 33.6. The number of nitrogens with one attached hydrogen (secondary N) is 2. The topological polar surface area (TPSA) is 102 Å². The van der Waals surface area contributed by atoms with Crippen molar-refractivity contribution in [2.75, 3.05) is 6.61 Å². The van der Waals surface area contributed by atoms with Gasteiger partial charge in [-0.25, -0.2) is 4.79 Å². The summed E-state index contributed by atoms with van der Waals surface area (Å²) in [6.07, 6.45) is -1.64. The summed E-state index contributed by atoms with van der Waals surface area (Å²) in [5.74, 6) is -0.384. The SMILES string of the molecule is CC(C)(C)NC(=O)N[C@@H]1C[C@H](CO)[C@@H](O)[C@H]1O. The zero-order valence-corrected chi connectivity index (χ0v) is 10.5. The second-order valence-corrected chi connectivity index (χ2v) is 5.61. The van der Waals surface area contributed by atoms with Gasteiger partial charge < -0.3 is 26.0 Å². The van der Waals surface area contributed by atoms with E-state index in [9.17, 15) is 15.0 Å². The Kier molecular flexibility index (Phi) is 4.35. The molecule has 0 radical (unpaired) electrons. The average molecular weight is 246 g/mol. The summed E-state index contributed by atoms with van der Waals surface area (Å²) in [7, 11) is 0.